The van der Waals surface area contributed by atoms with Gasteiger partial charge in [0.25, 0.3) is 0 Å². The first-order valence-corrected chi connectivity index (χ1v) is 8.36. The molecule has 0 spiro atoms. The normalized spacial score (nSPS) is 10.2. The van der Waals surface area contributed by atoms with Gasteiger partial charge in [-0.25, -0.2) is 9.97 Å². The van der Waals surface area contributed by atoms with E-state index >= 15 is 0 Å². The molecular weight excluding hydrogens is 310 g/mol. The fourth-order valence-electron chi connectivity index (χ4n) is 2.40. The third-order valence-electron chi connectivity index (χ3n) is 3.88. The van der Waals surface area contributed by atoms with Crippen molar-refractivity contribution in [3.8, 4) is 34.3 Å². The van der Waals surface area contributed by atoms with Crippen LogP contribution >= 0.6 is 0 Å². The Balaban J connectivity index is 1.72. The lowest BCUT2D eigenvalue weighted by Gasteiger charge is -2.07. The minimum absolute atomic E-state index is 0.626. The average Bonchev–Trinajstić information content (AvgIpc) is 2.69. The average molecular weight is 329 g/mol. The molecule has 0 aliphatic carbocycles. The van der Waals surface area contributed by atoms with Crippen molar-refractivity contribution in [3.05, 3.63) is 66.5 Å². The fourth-order valence-corrected chi connectivity index (χ4v) is 2.40. The molecule has 0 unspecified atom stereocenters. The summed E-state index contributed by atoms with van der Waals surface area (Å²) in [6.45, 7) is 2.90. The summed E-state index contributed by atoms with van der Waals surface area (Å²) in [5.41, 5.74) is 3.53. The molecule has 0 aliphatic rings. The molecule has 0 atom stereocenters. The van der Waals surface area contributed by atoms with Gasteiger partial charge < -0.3 is 4.74 Å². The predicted molar refractivity (Wildman–Crippen MR) is 98.0 cm³/mol. The molecule has 0 amide bonds. The van der Waals surface area contributed by atoms with Crippen LogP contribution in [-0.4, -0.2) is 16.6 Å². The van der Waals surface area contributed by atoms with Gasteiger partial charge in [0.2, 0.25) is 0 Å². The fraction of sp³-hybridized carbons (Fsp3) is 0.190. The summed E-state index contributed by atoms with van der Waals surface area (Å²) in [6.07, 6.45) is 5.81. The first kappa shape index (κ1) is 16.7. The number of aromatic nitrogens is 2. The zero-order valence-corrected chi connectivity index (χ0v) is 14.1. The highest BCUT2D eigenvalue weighted by molar-refractivity contribution is 5.64. The van der Waals surface area contributed by atoms with E-state index in [1.807, 2.05) is 48.8 Å². The summed E-state index contributed by atoms with van der Waals surface area (Å²) < 4.78 is 5.68. The van der Waals surface area contributed by atoms with Crippen LogP contribution in [0, 0.1) is 11.3 Å². The molecule has 0 N–H and O–H groups in total. The Morgan fingerprint density at radius 3 is 2.12 bits per heavy atom. The predicted octanol–water partition coefficient (Wildman–Crippen LogP) is 4.86. The Morgan fingerprint density at radius 1 is 0.880 bits per heavy atom. The zero-order valence-electron chi connectivity index (χ0n) is 14.1. The molecule has 4 heteroatoms. The molecular formula is C21H19N3O. The maximum Gasteiger partial charge on any atom is 0.159 e. The topological polar surface area (TPSA) is 58.8 Å². The number of ether oxygens (including phenoxy) is 1. The van der Waals surface area contributed by atoms with Gasteiger partial charge >= 0.3 is 0 Å². The quantitative estimate of drug-likeness (QED) is 0.606. The Morgan fingerprint density at radius 2 is 1.52 bits per heavy atom. The summed E-state index contributed by atoms with van der Waals surface area (Å²) in [5, 5.41) is 8.85. The molecule has 0 saturated heterocycles. The number of nitrogens with zero attached hydrogens (tertiary/aromatic N) is 3. The smallest absolute Gasteiger partial charge is 0.159 e. The molecule has 2 aromatic carbocycles. The maximum atomic E-state index is 8.85. The minimum Gasteiger partial charge on any atom is -0.494 e. The second-order valence-electron chi connectivity index (χ2n) is 5.71. The van der Waals surface area contributed by atoms with Crippen molar-refractivity contribution in [1.82, 2.24) is 9.97 Å². The summed E-state index contributed by atoms with van der Waals surface area (Å²) in [5.74, 6) is 1.53. The van der Waals surface area contributed by atoms with Crippen molar-refractivity contribution in [3.63, 3.8) is 0 Å². The summed E-state index contributed by atoms with van der Waals surface area (Å²) in [4.78, 5) is 8.88. The van der Waals surface area contributed by atoms with E-state index in [0.717, 1.165) is 41.9 Å². The molecule has 1 heterocycles. The van der Waals surface area contributed by atoms with E-state index in [2.05, 4.69) is 23.0 Å². The Hall–Kier alpha value is -3.19. The number of hydrogen-bond acceptors (Lipinski definition) is 4. The van der Waals surface area contributed by atoms with Crippen LogP contribution in [0.2, 0.25) is 0 Å². The van der Waals surface area contributed by atoms with Crippen LogP contribution in [0.5, 0.6) is 5.75 Å². The molecule has 0 fully saturated rings. The van der Waals surface area contributed by atoms with Crippen LogP contribution in [0.1, 0.15) is 25.3 Å². The van der Waals surface area contributed by atoms with Gasteiger partial charge in [0.1, 0.15) is 5.75 Å². The van der Waals surface area contributed by atoms with Gasteiger partial charge in [0.15, 0.2) is 5.82 Å². The van der Waals surface area contributed by atoms with E-state index in [1.165, 1.54) is 0 Å². The molecule has 3 aromatic rings. The Bertz CT molecular complexity index is 848. The molecule has 25 heavy (non-hydrogen) atoms. The summed E-state index contributed by atoms with van der Waals surface area (Å²) >= 11 is 0. The highest BCUT2D eigenvalue weighted by atomic mass is 16.5. The van der Waals surface area contributed by atoms with Gasteiger partial charge in [-0.2, -0.15) is 5.26 Å². The van der Waals surface area contributed by atoms with E-state index in [0.29, 0.717) is 11.4 Å². The summed E-state index contributed by atoms with van der Waals surface area (Å²) in [6, 6.07) is 17.3. The Kier molecular flexibility index (Phi) is 5.38. The van der Waals surface area contributed by atoms with Crippen molar-refractivity contribution in [2.75, 3.05) is 6.61 Å². The maximum absolute atomic E-state index is 8.85. The van der Waals surface area contributed by atoms with E-state index < -0.39 is 0 Å². The number of rotatable bonds is 6. The summed E-state index contributed by atoms with van der Waals surface area (Å²) in [7, 11) is 0. The van der Waals surface area contributed by atoms with Crippen LogP contribution in [0.3, 0.4) is 0 Å². The molecule has 0 saturated carbocycles. The molecule has 0 radical (unpaired) electrons. The van der Waals surface area contributed by atoms with Gasteiger partial charge in [-0.05, 0) is 48.4 Å². The third-order valence-corrected chi connectivity index (χ3v) is 3.88. The molecule has 1 aromatic heterocycles. The van der Waals surface area contributed by atoms with Crippen molar-refractivity contribution in [2.45, 2.75) is 19.8 Å². The molecule has 4 nitrogen and oxygen atoms in total. The standard InChI is InChI=1S/C21H19N3O/c1-2-3-12-25-20-10-8-17(9-11-20)19-14-23-21(24-15-19)18-6-4-16(13-22)5-7-18/h4-11,14-15H,2-3,12H2,1H3. The van der Waals surface area contributed by atoms with Gasteiger partial charge in [0.05, 0.1) is 18.2 Å². The van der Waals surface area contributed by atoms with Gasteiger partial charge in [-0.3, -0.25) is 0 Å². The lowest BCUT2D eigenvalue weighted by atomic mass is 10.1. The first-order valence-electron chi connectivity index (χ1n) is 8.36. The third kappa shape index (κ3) is 4.21. The van der Waals surface area contributed by atoms with Crippen molar-refractivity contribution < 1.29 is 4.74 Å². The van der Waals surface area contributed by atoms with Crippen LogP contribution in [-0.2, 0) is 0 Å². The number of benzene rings is 2. The first-order chi connectivity index (χ1) is 12.3. The Labute approximate surface area is 147 Å². The second kappa shape index (κ2) is 8.07. The number of unbranched alkanes of at least 4 members (excludes halogenated alkanes) is 1. The van der Waals surface area contributed by atoms with Gasteiger partial charge in [-0.1, -0.05) is 25.5 Å². The largest absolute Gasteiger partial charge is 0.494 e. The molecule has 0 bridgehead atoms. The zero-order chi connectivity index (χ0) is 17.5. The number of nitriles is 1. The van der Waals surface area contributed by atoms with E-state index in [4.69, 9.17) is 10.00 Å². The highest BCUT2D eigenvalue weighted by Gasteiger charge is 2.04. The van der Waals surface area contributed by atoms with Crippen molar-refractivity contribution in [1.29, 1.82) is 5.26 Å². The van der Waals surface area contributed by atoms with Crippen molar-refractivity contribution in [2.24, 2.45) is 0 Å². The molecule has 3 rings (SSSR count). The lowest BCUT2D eigenvalue weighted by Crippen LogP contribution is -1.96. The van der Waals surface area contributed by atoms with E-state index in [-0.39, 0.29) is 0 Å². The van der Waals surface area contributed by atoms with E-state index in [1.54, 1.807) is 12.1 Å². The lowest BCUT2D eigenvalue weighted by molar-refractivity contribution is 0.309. The van der Waals surface area contributed by atoms with Gasteiger partial charge in [-0.15, -0.1) is 0 Å². The monoisotopic (exact) mass is 329 g/mol. The minimum atomic E-state index is 0.626. The van der Waals surface area contributed by atoms with E-state index in [9.17, 15) is 0 Å². The van der Waals surface area contributed by atoms with Crippen LogP contribution in [0.15, 0.2) is 60.9 Å². The molecule has 0 aliphatic heterocycles. The van der Waals surface area contributed by atoms with Gasteiger partial charge in [0, 0.05) is 23.5 Å². The van der Waals surface area contributed by atoms with Crippen LogP contribution in [0.25, 0.3) is 22.5 Å². The number of hydrogen-bond donors (Lipinski definition) is 0. The molecule has 124 valence electrons. The SMILES string of the molecule is CCCCOc1ccc(-c2cnc(-c3ccc(C#N)cc3)nc2)cc1. The highest BCUT2D eigenvalue weighted by Crippen LogP contribution is 2.23. The second-order valence-corrected chi connectivity index (χ2v) is 5.71. The van der Waals surface area contributed by atoms with Crippen molar-refractivity contribution >= 4 is 0 Å². The van der Waals surface area contributed by atoms with Crippen LogP contribution < -0.4 is 4.74 Å². The van der Waals surface area contributed by atoms with Crippen LogP contribution in [0.4, 0.5) is 0 Å².